The van der Waals surface area contributed by atoms with Crippen LogP contribution in [0.25, 0.3) is 0 Å². The predicted molar refractivity (Wildman–Crippen MR) is 62.8 cm³/mol. The minimum atomic E-state index is 1.10. The van der Waals surface area contributed by atoms with Crippen molar-refractivity contribution in [3.8, 4) is 6.07 Å². The molecule has 14 heavy (non-hydrogen) atoms. The van der Waals surface area contributed by atoms with Crippen LogP contribution in [0.1, 0.15) is 13.3 Å². The van der Waals surface area contributed by atoms with Gasteiger partial charge in [0.2, 0.25) is 0 Å². The molecule has 0 aromatic rings. The van der Waals surface area contributed by atoms with Gasteiger partial charge >= 0.3 is 0 Å². The molecular formula is C12H13NS. The quantitative estimate of drug-likeness (QED) is 0.600. The fourth-order valence-electron chi connectivity index (χ4n) is 1.24. The largest absolute Gasteiger partial charge is 0.199 e. The van der Waals surface area contributed by atoms with Crippen LogP contribution in [-0.4, -0.2) is 5.75 Å². The molecule has 0 N–H and O–H groups in total. The van der Waals surface area contributed by atoms with Crippen molar-refractivity contribution in [2.45, 2.75) is 13.3 Å². The van der Waals surface area contributed by atoms with Crippen LogP contribution in [0.3, 0.4) is 0 Å². The van der Waals surface area contributed by atoms with Gasteiger partial charge in [0.1, 0.15) is 0 Å². The average molecular weight is 203 g/mol. The van der Waals surface area contributed by atoms with E-state index < -0.39 is 0 Å². The van der Waals surface area contributed by atoms with Crippen molar-refractivity contribution in [2.24, 2.45) is 0 Å². The molecule has 1 aliphatic heterocycles. The Kier molecular flexibility index (Phi) is 4.88. The lowest BCUT2D eigenvalue weighted by molar-refractivity contribution is 1.26. The molecule has 0 bridgehead atoms. The molecule has 0 fully saturated rings. The first-order valence-corrected chi connectivity index (χ1v) is 5.53. The summed E-state index contributed by atoms with van der Waals surface area (Å²) in [4.78, 5) is 1.45. The van der Waals surface area contributed by atoms with E-state index in [1.54, 1.807) is 6.07 Å². The van der Waals surface area contributed by atoms with Crippen LogP contribution < -0.4 is 0 Å². The summed E-state index contributed by atoms with van der Waals surface area (Å²) in [6.45, 7) is 1.43. The molecule has 0 saturated carbocycles. The van der Waals surface area contributed by atoms with Crippen LogP contribution in [0.4, 0.5) is 0 Å². The minimum absolute atomic E-state index is 1.10. The van der Waals surface area contributed by atoms with Crippen LogP contribution in [0, 0.1) is 11.3 Å². The fraction of sp³-hybridized carbons (Fsp3) is 0.250. The first-order valence-electron chi connectivity index (χ1n) is 4.55. The summed E-state index contributed by atoms with van der Waals surface area (Å²) < 4.78 is 0. The van der Waals surface area contributed by atoms with Crippen LogP contribution in [0.2, 0.25) is 0 Å². The van der Waals surface area contributed by atoms with Gasteiger partial charge in [-0.05, 0) is 12.0 Å². The maximum Gasteiger partial charge on any atom is 0.0587 e. The third-order valence-corrected chi connectivity index (χ3v) is 2.87. The highest BCUT2D eigenvalue weighted by molar-refractivity contribution is 8.03. The third kappa shape index (κ3) is 3.27. The molecule has 0 aromatic heterocycles. The predicted octanol–water partition coefficient (Wildman–Crippen LogP) is 3.59. The van der Waals surface area contributed by atoms with Gasteiger partial charge in [-0.25, -0.2) is 0 Å². The number of hydrogen-bond acceptors (Lipinski definition) is 2. The maximum absolute atomic E-state index is 7.32. The highest BCUT2D eigenvalue weighted by Crippen LogP contribution is 2.30. The first kappa shape index (κ1) is 10.9. The Morgan fingerprint density at radius 2 is 2.07 bits per heavy atom. The van der Waals surface area contributed by atoms with Gasteiger partial charge in [-0.3, -0.25) is 0 Å². The molecule has 72 valence electrons. The van der Waals surface area contributed by atoms with E-state index >= 15 is 0 Å². The molecule has 0 atom stereocenters. The van der Waals surface area contributed by atoms with Gasteiger partial charge in [0.15, 0.2) is 0 Å². The summed E-state index contributed by atoms with van der Waals surface area (Å²) in [6, 6.07) is 1.75. The highest BCUT2D eigenvalue weighted by atomic mass is 32.2. The highest BCUT2D eigenvalue weighted by Gasteiger charge is 2.05. The monoisotopic (exact) mass is 203 g/mol. The van der Waals surface area contributed by atoms with Gasteiger partial charge in [0.25, 0.3) is 0 Å². The topological polar surface area (TPSA) is 23.8 Å². The lowest BCUT2D eigenvalue weighted by Crippen LogP contribution is -1.83. The number of nitrogens with zero attached hydrogens (tertiary/aromatic N) is 1. The minimum Gasteiger partial charge on any atom is -0.199 e. The van der Waals surface area contributed by atoms with Crippen molar-refractivity contribution in [1.82, 2.24) is 0 Å². The first-order chi connectivity index (χ1) is 6.88. The van der Waals surface area contributed by atoms with Crippen LogP contribution >= 0.6 is 11.8 Å². The van der Waals surface area contributed by atoms with Crippen LogP contribution in [0.15, 0.2) is 46.9 Å². The summed E-state index contributed by atoms with van der Waals surface area (Å²) in [7, 11) is 0. The van der Waals surface area contributed by atoms with Crippen LogP contribution in [-0.2, 0) is 0 Å². The van der Waals surface area contributed by atoms with Crippen molar-refractivity contribution >= 4 is 11.8 Å². The van der Waals surface area contributed by atoms with Crippen molar-refractivity contribution in [1.29, 1.82) is 5.26 Å². The number of thioether (sulfide) groups is 1. The normalized spacial score (nSPS) is 22.9. The van der Waals surface area contributed by atoms with E-state index in [9.17, 15) is 0 Å². The van der Waals surface area contributed by atoms with Gasteiger partial charge in [0, 0.05) is 17.6 Å². The number of nitriles is 1. The zero-order valence-corrected chi connectivity index (χ0v) is 9.05. The van der Waals surface area contributed by atoms with E-state index in [-0.39, 0.29) is 0 Å². The molecule has 2 rings (SSSR count). The molecule has 1 aliphatic carbocycles. The molecule has 0 amide bonds. The molecule has 0 radical (unpaired) electrons. The smallest absolute Gasteiger partial charge is 0.0587 e. The van der Waals surface area contributed by atoms with Crippen LogP contribution in [0.5, 0.6) is 0 Å². The summed E-state index contributed by atoms with van der Waals surface area (Å²) in [5.41, 5.74) is 1.46. The van der Waals surface area contributed by atoms with E-state index in [1.807, 2.05) is 11.8 Å². The number of rotatable bonds is 0. The third-order valence-electron chi connectivity index (χ3n) is 1.80. The molecule has 2 heteroatoms. The lowest BCUT2D eigenvalue weighted by Gasteiger charge is -2.04. The second kappa shape index (κ2) is 6.28. The molecule has 2 aliphatic rings. The Morgan fingerprint density at radius 3 is 2.57 bits per heavy atom. The Hall–Kier alpha value is -1.20. The molecular weight excluding hydrogens is 190 g/mol. The summed E-state index contributed by atoms with van der Waals surface area (Å²) in [5.74, 6) is 1.15. The average Bonchev–Trinajstić information content (AvgIpc) is 2.73. The van der Waals surface area contributed by atoms with E-state index in [2.05, 4.69) is 36.5 Å². The van der Waals surface area contributed by atoms with Crippen molar-refractivity contribution in [3.05, 3.63) is 46.9 Å². The fourth-order valence-corrected chi connectivity index (χ4v) is 2.14. The van der Waals surface area contributed by atoms with Gasteiger partial charge < -0.3 is 0 Å². The van der Waals surface area contributed by atoms with E-state index in [1.165, 1.54) is 17.4 Å². The second-order valence-electron chi connectivity index (χ2n) is 2.82. The van der Waals surface area contributed by atoms with E-state index in [0.717, 1.165) is 12.2 Å². The van der Waals surface area contributed by atoms with Crippen molar-refractivity contribution in [3.63, 3.8) is 0 Å². The SMILES string of the molecule is C1=CCC(=C2C=CCS2)C=C1.CC#N. The maximum atomic E-state index is 7.32. The molecule has 1 nitrogen and oxygen atoms in total. The Bertz CT molecular complexity index is 340. The number of allylic oxidation sites excluding steroid dienone is 6. The summed E-state index contributed by atoms with van der Waals surface area (Å²) in [6.07, 6.45) is 14.2. The Morgan fingerprint density at radius 1 is 1.29 bits per heavy atom. The van der Waals surface area contributed by atoms with Gasteiger partial charge in [-0.15, -0.1) is 11.8 Å². The van der Waals surface area contributed by atoms with Gasteiger partial charge in [-0.2, -0.15) is 5.26 Å². The molecule has 0 unspecified atom stereocenters. The molecule has 1 heterocycles. The molecule has 0 saturated heterocycles. The standard InChI is InChI=1S/C10H10S.C2H3N/c1-2-5-9(6-3-1)10-7-4-8-11-10;1-2-3/h1-5,7H,6,8H2;1H3. The van der Waals surface area contributed by atoms with E-state index in [4.69, 9.17) is 5.26 Å². The van der Waals surface area contributed by atoms with Crippen molar-refractivity contribution in [2.75, 3.05) is 5.75 Å². The van der Waals surface area contributed by atoms with Crippen molar-refractivity contribution < 1.29 is 0 Å². The second-order valence-corrected chi connectivity index (χ2v) is 3.88. The molecule has 0 aromatic carbocycles. The van der Waals surface area contributed by atoms with Gasteiger partial charge in [-0.1, -0.05) is 36.5 Å². The Balaban J connectivity index is 0.000000293. The summed E-state index contributed by atoms with van der Waals surface area (Å²) >= 11 is 1.93. The zero-order valence-electron chi connectivity index (χ0n) is 8.23. The number of hydrogen-bond donors (Lipinski definition) is 0. The summed E-state index contributed by atoms with van der Waals surface area (Å²) in [5, 5.41) is 7.32. The van der Waals surface area contributed by atoms with Gasteiger partial charge in [0.05, 0.1) is 6.07 Å². The molecule has 0 spiro atoms. The lowest BCUT2D eigenvalue weighted by atomic mass is 10.1. The zero-order chi connectivity index (χ0) is 10.2. The Labute approximate surface area is 89.5 Å². The van der Waals surface area contributed by atoms with E-state index in [0.29, 0.717) is 0 Å².